The van der Waals surface area contributed by atoms with Gasteiger partial charge < -0.3 is 30.0 Å². The van der Waals surface area contributed by atoms with Crippen LogP contribution in [0.4, 0.5) is 5.69 Å². The number of nitrogens with two attached hydrogens (primary N) is 1. The van der Waals surface area contributed by atoms with Gasteiger partial charge in [-0.05, 0) is 13.3 Å². The minimum absolute atomic E-state index is 0.0740. The first-order valence-electron chi connectivity index (χ1n) is 8.92. The number of nitrogens with one attached hydrogen (secondary N) is 1. The number of aromatic carboxylic acids is 1. The molecule has 0 aliphatic carbocycles. The molecule has 0 bridgehead atoms. The van der Waals surface area contributed by atoms with E-state index in [-0.39, 0.29) is 23.0 Å². The van der Waals surface area contributed by atoms with Crippen LogP contribution in [0.2, 0.25) is 0 Å². The second-order valence-electron chi connectivity index (χ2n) is 7.27. The minimum atomic E-state index is -1.25. The lowest BCUT2D eigenvalue weighted by Gasteiger charge is -2.31. The van der Waals surface area contributed by atoms with Crippen LogP contribution in [0.5, 0.6) is 5.75 Å². The summed E-state index contributed by atoms with van der Waals surface area (Å²) in [5.41, 5.74) is 7.86. The zero-order valence-electron chi connectivity index (χ0n) is 14.7. The Morgan fingerprint density at radius 3 is 3.00 bits per heavy atom. The molecule has 3 aromatic rings. The van der Waals surface area contributed by atoms with Gasteiger partial charge in [0.2, 0.25) is 5.43 Å². The molecule has 9 heteroatoms. The molecular formula is C18H19N5O4. The van der Waals surface area contributed by atoms with Crippen LogP contribution in [-0.4, -0.2) is 51.3 Å². The van der Waals surface area contributed by atoms with E-state index >= 15 is 0 Å². The molecule has 1 saturated heterocycles. The van der Waals surface area contributed by atoms with Gasteiger partial charge in [0, 0.05) is 25.3 Å². The van der Waals surface area contributed by atoms with E-state index in [0.717, 1.165) is 18.7 Å². The lowest BCUT2D eigenvalue weighted by Crippen LogP contribution is -2.30. The summed E-state index contributed by atoms with van der Waals surface area (Å²) in [7, 11) is 0. The van der Waals surface area contributed by atoms with E-state index in [1.807, 2.05) is 11.5 Å². The standard InChI is InChI=1S/C18H19N5O4/c1-8-6-27-17-14-11(16(24)10(18(25)26)5-23(8)14)12-13(21-7-20-12)15(17)22-3-2-9(19)4-22/h5,7-9H,2-4,6,19H2,1H3,(H,20,21)(H,25,26). The molecule has 140 valence electrons. The predicted molar refractivity (Wildman–Crippen MR) is 99.8 cm³/mol. The maximum atomic E-state index is 13.0. The number of rotatable bonds is 2. The van der Waals surface area contributed by atoms with Gasteiger partial charge in [-0.3, -0.25) is 4.79 Å². The number of benzene rings is 1. The fraction of sp³-hybridized carbons (Fsp3) is 0.389. The Balaban J connectivity index is 1.97. The van der Waals surface area contributed by atoms with Gasteiger partial charge >= 0.3 is 5.97 Å². The molecule has 4 N–H and O–H groups in total. The van der Waals surface area contributed by atoms with Crippen molar-refractivity contribution < 1.29 is 14.6 Å². The molecule has 0 amide bonds. The molecular weight excluding hydrogens is 350 g/mol. The number of imidazole rings is 1. The van der Waals surface area contributed by atoms with E-state index in [0.29, 0.717) is 35.5 Å². The number of H-pyrrole nitrogens is 1. The maximum absolute atomic E-state index is 13.0. The average molecular weight is 369 g/mol. The number of hydrogen-bond donors (Lipinski definition) is 3. The molecule has 2 aliphatic heterocycles. The van der Waals surface area contributed by atoms with Crippen molar-refractivity contribution in [2.75, 3.05) is 24.6 Å². The fourth-order valence-electron chi connectivity index (χ4n) is 4.19. The molecule has 2 aliphatic rings. The van der Waals surface area contributed by atoms with Crippen LogP contribution in [-0.2, 0) is 0 Å². The number of nitrogens with zero attached hydrogens (tertiary/aromatic N) is 3. The van der Waals surface area contributed by atoms with Crippen LogP contribution in [0, 0.1) is 0 Å². The summed E-state index contributed by atoms with van der Waals surface area (Å²) in [5, 5.41) is 9.78. The lowest BCUT2D eigenvalue weighted by molar-refractivity contribution is 0.0694. The highest BCUT2D eigenvalue weighted by molar-refractivity contribution is 6.14. The Bertz CT molecular complexity index is 1160. The van der Waals surface area contributed by atoms with E-state index in [2.05, 4.69) is 14.9 Å². The number of ether oxygens (including phenoxy) is 1. The van der Waals surface area contributed by atoms with Crippen LogP contribution in [0.25, 0.3) is 21.9 Å². The normalized spacial score (nSPS) is 21.8. The van der Waals surface area contributed by atoms with Gasteiger partial charge in [0.15, 0.2) is 5.75 Å². The fourth-order valence-corrected chi connectivity index (χ4v) is 4.19. The Morgan fingerprint density at radius 1 is 1.48 bits per heavy atom. The summed E-state index contributed by atoms with van der Waals surface area (Å²) in [5.74, 6) is -0.660. The average Bonchev–Trinajstić information content (AvgIpc) is 3.27. The topological polar surface area (TPSA) is 126 Å². The summed E-state index contributed by atoms with van der Waals surface area (Å²) < 4.78 is 7.91. The number of carboxylic acids is 1. The third kappa shape index (κ3) is 2.11. The quantitative estimate of drug-likeness (QED) is 0.616. The zero-order valence-corrected chi connectivity index (χ0v) is 14.7. The van der Waals surface area contributed by atoms with Crippen molar-refractivity contribution in [3.05, 3.63) is 28.3 Å². The summed E-state index contributed by atoms with van der Waals surface area (Å²) in [6.07, 6.45) is 3.81. The van der Waals surface area contributed by atoms with Gasteiger partial charge in [-0.15, -0.1) is 0 Å². The van der Waals surface area contributed by atoms with E-state index < -0.39 is 11.4 Å². The van der Waals surface area contributed by atoms with Gasteiger partial charge in [-0.1, -0.05) is 0 Å². The number of hydrogen-bond acceptors (Lipinski definition) is 6. The van der Waals surface area contributed by atoms with E-state index in [1.165, 1.54) is 12.5 Å². The van der Waals surface area contributed by atoms with E-state index in [9.17, 15) is 14.7 Å². The highest BCUT2D eigenvalue weighted by Gasteiger charge is 2.33. The largest absolute Gasteiger partial charge is 0.487 e. The Kier molecular flexibility index (Phi) is 3.26. The molecule has 27 heavy (non-hydrogen) atoms. The molecule has 1 fully saturated rings. The summed E-state index contributed by atoms with van der Waals surface area (Å²) in [4.78, 5) is 34.2. The number of carboxylic acid groups (broad SMARTS) is 1. The van der Waals surface area contributed by atoms with Crippen LogP contribution in [0.1, 0.15) is 29.7 Å². The first kappa shape index (κ1) is 16.1. The van der Waals surface area contributed by atoms with Crippen LogP contribution in [0.3, 0.4) is 0 Å². The smallest absolute Gasteiger partial charge is 0.341 e. The number of aromatic nitrogens is 3. The van der Waals surface area contributed by atoms with Crippen molar-refractivity contribution in [3.8, 4) is 5.75 Å². The highest BCUT2D eigenvalue weighted by Crippen LogP contribution is 2.45. The van der Waals surface area contributed by atoms with E-state index in [4.69, 9.17) is 10.5 Å². The predicted octanol–water partition coefficient (Wildman–Crippen LogP) is 1.07. The Hall–Kier alpha value is -3.07. The summed E-state index contributed by atoms with van der Waals surface area (Å²) >= 11 is 0. The van der Waals surface area contributed by atoms with Gasteiger partial charge in [0.25, 0.3) is 0 Å². The molecule has 9 nitrogen and oxygen atoms in total. The second kappa shape index (κ2) is 5.46. The SMILES string of the molecule is CC1COc2c(N3CCC(N)C3)c3[nH]cnc3c3c(=O)c(C(=O)O)cn1c23. The number of anilines is 1. The Morgan fingerprint density at radius 2 is 2.30 bits per heavy atom. The van der Waals surface area contributed by atoms with Crippen molar-refractivity contribution >= 4 is 33.6 Å². The summed E-state index contributed by atoms with van der Waals surface area (Å²) in [6, 6.07) is -0.0336. The van der Waals surface area contributed by atoms with Crippen molar-refractivity contribution in [1.82, 2.24) is 14.5 Å². The molecule has 1 aromatic carbocycles. The minimum Gasteiger partial charge on any atom is -0.487 e. The number of aromatic amines is 1. The van der Waals surface area contributed by atoms with Gasteiger partial charge in [0.05, 0.1) is 28.8 Å². The molecule has 0 radical (unpaired) electrons. The number of pyridine rings is 1. The number of fused-ring (bicyclic) bond motifs is 2. The third-order valence-corrected chi connectivity index (χ3v) is 5.49. The van der Waals surface area contributed by atoms with Gasteiger partial charge in [-0.25, -0.2) is 9.78 Å². The molecule has 2 aromatic heterocycles. The van der Waals surface area contributed by atoms with Crippen LogP contribution < -0.4 is 20.8 Å². The monoisotopic (exact) mass is 369 g/mol. The highest BCUT2D eigenvalue weighted by atomic mass is 16.5. The molecule has 2 atom stereocenters. The van der Waals surface area contributed by atoms with Crippen LogP contribution in [0.15, 0.2) is 17.3 Å². The summed E-state index contributed by atoms with van der Waals surface area (Å²) in [6.45, 7) is 3.78. The van der Waals surface area contributed by atoms with E-state index in [1.54, 1.807) is 0 Å². The van der Waals surface area contributed by atoms with Gasteiger partial charge in [0.1, 0.15) is 23.4 Å². The van der Waals surface area contributed by atoms with Crippen molar-refractivity contribution in [2.45, 2.75) is 25.4 Å². The first-order valence-corrected chi connectivity index (χ1v) is 8.92. The van der Waals surface area contributed by atoms with Gasteiger partial charge in [-0.2, -0.15) is 0 Å². The molecule has 4 heterocycles. The third-order valence-electron chi connectivity index (χ3n) is 5.49. The van der Waals surface area contributed by atoms with Crippen LogP contribution >= 0.6 is 0 Å². The Labute approximate surface area is 153 Å². The van der Waals surface area contributed by atoms with Crippen molar-refractivity contribution in [1.29, 1.82) is 0 Å². The molecule has 5 rings (SSSR count). The molecule has 2 unspecified atom stereocenters. The molecule has 0 spiro atoms. The maximum Gasteiger partial charge on any atom is 0.341 e. The second-order valence-corrected chi connectivity index (χ2v) is 7.27. The zero-order chi connectivity index (χ0) is 18.9. The lowest BCUT2D eigenvalue weighted by atomic mass is 10.0. The molecule has 0 saturated carbocycles. The first-order chi connectivity index (χ1) is 13.0. The van der Waals surface area contributed by atoms with Crippen molar-refractivity contribution in [2.24, 2.45) is 5.73 Å². The van der Waals surface area contributed by atoms with Crippen molar-refractivity contribution in [3.63, 3.8) is 0 Å². The number of carbonyl (C=O) groups is 1.